The lowest BCUT2D eigenvalue weighted by atomic mass is 9.86. The van der Waals surface area contributed by atoms with Gasteiger partial charge in [0.25, 0.3) is 10.0 Å². The first kappa shape index (κ1) is 13.8. The van der Waals surface area contributed by atoms with E-state index in [4.69, 9.17) is 0 Å². The van der Waals surface area contributed by atoms with Gasteiger partial charge in [0.2, 0.25) is 0 Å². The second-order valence-corrected chi connectivity index (χ2v) is 7.99. The number of nitrogens with one attached hydrogen (secondary N) is 1. The molecule has 3 rings (SSSR count). The van der Waals surface area contributed by atoms with Gasteiger partial charge in [-0.1, -0.05) is 6.42 Å². The number of anilines is 1. The number of rotatable bonds is 5. The maximum absolute atomic E-state index is 12.8. The Morgan fingerprint density at radius 1 is 1.55 bits per heavy atom. The Hall–Kier alpha value is -1.12. The number of imidazole rings is 1. The van der Waals surface area contributed by atoms with Crippen molar-refractivity contribution < 1.29 is 8.42 Å². The molecule has 20 heavy (non-hydrogen) atoms. The van der Waals surface area contributed by atoms with Gasteiger partial charge in [0, 0.05) is 32.2 Å². The highest BCUT2D eigenvalue weighted by Crippen LogP contribution is 2.31. The summed E-state index contributed by atoms with van der Waals surface area (Å²) >= 11 is 1.42. The molecule has 0 aromatic carbocycles. The Bertz CT molecular complexity index is 715. The number of nitrogens with zero attached hydrogens (tertiary/aromatic N) is 3. The smallest absolute Gasteiger partial charge is 0.262 e. The van der Waals surface area contributed by atoms with Gasteiger partial charge in [0.05, 0.1) is 0 Å². The first-order chi connectivity index (χ1) is 9.54. The van der Waals surface area contributed by atoms with Gasteiger partial charge in [-0.15, -0.1) is 11.3 Å². The normalized spacial score (nSPS) is 16.8. The molecule has 2 aromatic heterocycles. The van der Waals surface area contributed by atoms with Crippen LogP contribution in [0.3, 0.4) is 0 Å². The van der Waals surface area contributed by atoms with E-state index in [1.807, 2.05) is 5.38 Å². The van der Waals surface area contributed by atoms with Gasteiger partial charge in [0.15, 0.2) is 15.8 Å². The third-order valence-electron chi connectivity index (χ3n) is 3.85. The van der Waals surface area contributed by atoms with Crippen molar-refractivity contribution in [1.29, 1.82) is 0 Å². The summed E-state index contributed by atoms with van der Waals surface area (Å²) in [6.45, 7) is 0.586. The van der Waals surface area contributed by atoms with E-state index in [2.05, 4.69) is 10.3 Å². The van der Waals surface area contributed by atoms with Crippen LogP contribution in [0.4, 0.5) is 5.82 Å². The molecule has 0 bridgehead atoms. The monoisotopic (exact) mass is 314 g/mol. The molecular weight excluding hydrogens is 296 g/mol. The standard InChI is InChI=1S/C12H18N4O2S2/c1-13-10-11(16-6-7-19-12(16)14-10)20(17,18)15(2)8-9-4-3-5-9/h6-7,9,13H,3-5,8H2,1-2H3. The lowest BCUT2D eigenvalue weighted by molar-refractivity contribution is 0.262. The molecule has 1 aliphatic carbocycles. The van der Waals surface area contributed by atoms with Crippen LogP contribution < -0.4 is 5.32 Å². The van der Waals surface area contributed by atoms with E-state index in [1.54, 1.807) is 24.7 Å². The van der Waals surface area contributed by atoms with Crippen LogP contribution in [0.5, 0.6) is 0 Å². The third kappa shape index (κ3) is 2.11. The zero-order valence-corrected chi connectivity index (χ0v) is 13.2. The van der Waals surface area contributed by atoms with Crippen LogP contribution in [-0.4, -0.2) is 42.7 Å². The Kier molecular flexibility index (Phi) is 3.47. The Balaban J connectivity index is 2.00. The lowest BCUT2D eigenvalue weighted by Gasteiger charge is -2.29. The first-order valence-corrected chi connectivity index (χ1v) is 8.95. The zero-order valence-electron chi connectivity index (χ0n) is 11.5. The molecular formula is C12H18N4O2S2. The molecule has 1 aliphatic rings. The Morgan fingerprint density at radius 3 is 2.90 bits per heavy atom. The number of thiazole rings is 1. The fourth-order valence-electron chi connectivity index (χ4n) is 2.46. The quantitative estimate of drug-likeness (QED) is 0.915. The number of hydrogen-bond acceptors (Lipinski definition) is 5. The van der Waals surface area contributed by atoms with Gasteiger partial charge in [-0.25, -0.2) is 13.4 Å². The van der Waals surface area contributed by atoms with E-state index in [9.17, 15) is 8.42 Å². The van der Waals surface area contributed by atoms with Crippen molar-refractivity contribution in [2.45, 2.75) is 24.3 Å². The molecule has 2 heterocycles. The molecule has 1 saturated carbocycles. The maximum atomic E-state index is 12.8. The minimum Gasteiger partial charge on any atom is -0.371 e. The summed E-state index contributed by atoms with van der Waals surface area (Å²) in [5.74, 6) is 0.913. The molecule has 0 radical (unpaired) electrons. The highest BCUT2D eigenvalue weighted by atomic mass is 32.2. The second kappa shape index (κ2) is 5.01. The van der Waals surface area contributed by atoms with E-state index in [0.29, 0.717) is 23.2 Å². The van der Waals surface area contributed by atoms with Crippen LogP contribution in [0.25, 0.3) is 4.96 Å². The molecule has 0 saturated heterocycles. The lowest BCUT2D eigenvalue weighted by Crippen LogP contribution is -2.35. The van der Waals surface area contributed by atoms with Crippen LogP contribution in [0.1, 0.15) is 19.3 Å². The number of fused-ring (bicyclic) bond motifs is 1. The summed E-state index contributed by atoms with van der Waals surface area (Å²) in [5, 5.41) is 4.96. The van der Waals surface area contributed by atoms with Crippen molar-refractivity contribution in [3.8, 4) is 0 Å². The van der Waals surface area contributed by atoms with Gasteiger partial charge >= 0.3 is 0 Å². The summed E-state index contributed by atoms with van der Waals surface area (Å²) < 4.78 is 28.7. The van der Waals surface area contributed by atoms with Crippen LogP contribution in [0.15, 0.2) is 16.6 Å². The molecule has 2 aromatic rings. The van der Waals surface area contributed by atoms with E-state index < -0.39 is 10.0 Å². The molecule has 1 N–H and O–H groups in total. The molecule has 0 aliphatic heterocycles. The predicted molar refractivity (Wildman–Crippen MR) is 79.8 cm³/mol. The third-order valence-corrected chi connectivity index (χ3v) is 6.45. The number of sulfonamides is 1. The van der Waals surface area contributed by atoms with E-state index in [1.165, 1.54) is 22.1 Å². The average molecular weight is 314 g/mol. The first-order valence-electron chi connectivity index (χ1n) is 6.63. The van der Waals surface area contributed by atoms with Crippen LogP contribution >= 0.6 is 11.3 Å². The van der Waals surface area contributed by atoms with Crippen molar-refractivity contribution in [3.05, 3.63) is 11.6 Å². The van der Waals surface area contributed by atoms with Crippen molar-refractivity contribution in [2.24, 2.45) is 5.92 Å². The predicted octanol–water partition coefficient (Wildman–Crippen LogP) is 1.86. The average Bonchev–Trinajstić information content (AvgIpc) is 2.92. The van der Waals surface area contributed by atoms with Gasteiger partial charge < -0.3 is 5.32 Å². The summed E-state index contributed by atoms with van der Waals surface area (Å²) in [4.78, 5) is 5.00. The van der Waals surface area contributed by atoms with Crippen molar-refractivity contribution in [2.75, 3.05) is 26.0 Å². The summed E-state index contributed by atoms with van der Waals surface area (Å²) in [6.07, 6.45) is 5.21. The largest absolute Gasteiger partial charge is 0.371 e. The SMILES string of the molecule is CNc1nc2sccn2c1S(=O)(=O)N(C)CC1CCC1. The molecule has 0 atom stereocenters. The fourth-order valence-corrected chi connectivity index (χ4v) is 4.72. The molecule has 0 unspecified atom stereocenters. The van der Waals surface area contributed by atoms with Crippen molar-refractivity contribution >= 4 is 32.1 Å². The van der Waals surface area contributed by atoms with Gasteiger partial charge in [-0.2, -0.15) is 4.31 Å². The highest BCUT2D eigenvalue weighted by Gasteiger charge is 2.32. The van der Waals surface area contributed by atoms with Crippen LogP contribution in [0.2, 0.25) is 0 Å². The number of aromatic nitrogens is 2. The second-order valence-electron chi connectivity index (χ2n) is 5.15. The molecule has 8 heteroatoms. The van der Waals surface area contributed by atoms with E-state index in [0.717, 1.165) is 12.8 Å². The van der Waals surface area contributed by atoms with Crippen LogP contribution in [0, 0.1) is 5.92 Å². The molecule has 1 fully saturated rings. The molecule has 110 valence electrons. The summed E-state index contributed by atoms with van der Waals surface area (Å²) in [6, 6.07) is 0. The highest BCUT2D eigenvalue weighted by molar-refractivity contribution is 7.89. The van der Waals surface area contributed by atoms with E-state index >= 15 is 0 Å². The van der Waals surface area contributed by atoms with E-state index in [-0.39, 0.29) is 5.03 Å². The van der Waals surface area contributed by atoms with Crippen LogP contribution in [-0.2, 0) is 10.0 Å². The zero-order chi connectivity index (χ0) is 14.3. The fraction of sp³-hybridized carbons (Fsp3) is 0.583. The van der Waals surface area contributed by atoms with Crippen molar-refractivity contribution in [1.82, 2.24) is 13.7 Å². The molecule has 0 amide bonds. The Morgan fingerprint density at radius 2 is 2.30 bits per heavy atom. The van der Waals surface area contributed by atoms with Crippen molar-refractivity contribution in [3.63, 3.8) is 0 Å². The maximum Gasteiger partial charge on any atom is 0.262 e. The summed E-state index contributed by atoms with van der Waals surface area (Å²) in [7, 11) is -0.185. The molecule has 6 nitrogen and oxygen atoms in total. The van der Waals surface area contributed by atoms with Gasteiger partial charge in [-0.3, -0.25) is 4.40 Å². The minimum absolute atomic E-state index is 0.234. The van der Waals surface area contributed by atoms with Gasteiger partial charge in [-0.05, 0) is 18.8 Å². The van der Waals surface area contributed by atoms with Gasteiger partial charge in [0.1, 0.15) is 0 Å². The number of hydrogen-bond donors (Lipinski definition) is 1. The Labute approximate surface area is 122 Å². The topological polar surface area (TPSA) is 66.7 Å². The summed E-state index contributed by atoms with van der Waals surface area (Å²) in [5.41, 5.74) is 0. The minimum atomic E-state index is -3.53. The molecule has 0 spiro atoms.